The van der Waals surface area contributed by atoms with Gasteiger partial charge in [-0.1, -0.05) is 41.9 Å². The molecule has 1 fully saturated rings. The number of halogens is 1. The molecule has 40 heavy (non-hydrogen) atoms. The molecule has 3 aromatic carbocycles. The second-order valence-corrected chi connectivity index (χ2v) is 10.7. The van der Waals surface area contributed by atoms with Crippen molar-refractivity contribution in [3.63, 3.8) is 0 Å². The van der Waals surface area contributed by atoms with Gasteiger partial charge in [-0.2, -0.15) is 0 Å². The van der Waals surface area contributed by atoms with Crippen LogP contribution in [0.4, 0.5) is 11.4 Å². The van der Waals surface area contributed by atoms with Crippen LogP contribution in [0.3, 0.4) is 0 Å². The van der Waals surface area contributed by atoms with Crippen LogP contribution in [-0.2, 0) is 17.8 Å². The number of benzene rings is 3. The molecule has 1 aliphatic heterocycles. The van der Waals surface area contributed by atoms with E-state index >= 15 is 0 Å². The van der Waals surface area contributed by atoms with E-state index in [1.807, 2.05) is 61.5 Å². The lowest BCUT2D eigenvalue weighted by Crippen LogP contribution is -2.32. The average Bonchev–Trinajstić information content (AvgIpc) is 2.97. The third-order valence-electron chi connectivity index (χ3n) is 7.39. The highest BCUT2D eigenvalue weighted by Gasteiger charge is 2.19. The molecule has 206 valence electrons. The van der Waals surface area contributed by atoms with Crippen LogP contribution >= 0.6 is 11.6 Å². The molecule has 0 atom stereocenters. The van der Waals surface area contributed by atoms with Crippen LogP contribution in [0.15, 0.2) is 77.7 Å². The van der Waals surface area contributed by atoms with E-state index in [1.165, 1.54) is 12.6 Å². The minimum absolute atomic E-state index is 0.00422. The number of amides is 2. The van der Waals surface area contributed by atoms with Gasteiger partial charge in [0.15, 0.2) is 0 Å². The number of carbonyl (C=O) groups excluding carboxylic acids is 2. The second-order valence-electron chi connectivity index (χ2n) is 10.2. The number of para-hydroxylation sites is 1. The van der Waals surface area contributed by atoms with Crippen LogP contribution in [0.5, 0.6) is 0 Å². The minimum atomic E-state index is -0.502. The number of anilines is 2. The van der Waals surface area contributed by atoms with Crippen molar-refractivity contribution in [2.45, 2.75) is 39.2 Å². The van der Waals surface area contributed by atoms with Gasteiger partial charge in [0.05, 0.1) is 5.52 Å². The number of nitrogens with one attached hydrogen (secondary N) is 2. The first-order valence-corrected chi connectivity index (χ1v) is 14.1. The first kappa shape index (κ1) is 27.5. The highest BCUT2D eigenvalue weighted by Crippen LogP contribution is 2.25. The summed E-state index contributed by atoms with van der Waals surface area (Å²) < 4.78 is 1.72. The van der Waals surface area contributed by atoms with Crippen molar-refractivity contribution >= 4 is 45.7 Å². The molecule has 4 aromatic rings. The Bertz CT molecular complexity index is 1590. The third kappa shape index (κ3) is 6.37. The van der Waals surface area contributed by atoms with Crippen LogP contribution in [-0.4, -0.2) is 36.0 Å². The molecule has 0 saturated carbocycles. The van der Waals surface area contributed by atoms with Crippen LogP contribution in [0.1, 0.15) is 40.7 Å². The normalized spacial score (nSPS) is 13.3. The Morgan fingerprint density at radius 1 is 0.950 bits per heavy atom. The molecule has 1 aromatic heterocycles. The van der Waals surface area contributed by atoms with Gasteiger partial charge in [-0.05, 0) is 80.1 Å². The predicted octanol–water partition coefficient (Wildman–Crippen LogP) is 5.56. The summed E-state index contributed by atoms with van der Waals surface area (Å²) in [6.45, 7) is 4.24. The van der Waals surface area contributed by atoms with Crippen molar-refractivity contribution in [1.29, 1.82) is 0 Å². The van der Waals surface area contributed by atoms with Crippen molar-refractivity contribution in [2.75, 3.05) is 29.9 Å². The molecule has 0 aliphatic carbocycles. The molecule has 1 aliphatic rings. The van der Waals surface area contributed by atoms with Gasteiger partial charge in [-0.3, -0.25) is 14.4 Å². The molecular formula is C32H33ClN4O3. The van der Waals surface area contributed by atoms with Gasteiger partial charge in [0.1, 0.15) is 12.1 Å². The fourth-order valence-corrected chi connectivity index (χ4v) is 5.26. The van der Waals surface area contributed by atoms with Crippen molar-refractivity contribution in [2.24, 2.45) is 0 Å². The second kappa shape index (κ2) is 12.4. The fraction of sp³-hybridized carbons (Fsp3) is 0.281. The van der Waals surface area contributed by atoms with Gasteiger partial charge in [0, 0.05) is 47.6 Å². The predicted molar refractivity (Wildman–Crippen MR) is 162 cm³/mol. The first-order valence-electron chi connectivity index (χ1n) is 13.7. The summed E-state index contributed by atoms with van der Waals surface area (Å²) in [5, 5.41) is 6.91. The summed E-state index contributed by atoms with van der Waals surface area (Å²) >= 11 is 5.97. The SMILES string of the molecule is Cc1ccccc1NC(=O)c1cn(CC(=O)NCCc2ccc(Cl)cc2)c2cc(N3CCCCC3)ccc2c1=O. The standard InChI is InChI=1S/C32H33ClN4O3/c1-22-7-3-4-8-28(22)35-32(40)27-20-37(21-30(38)34-16-15-23-9-11-24(33)12-10-23)29-19-25(13-14-26(29)31(27)39)36-17-5-2-6-18-36/h3-4,7-14,19-20H,2,5-6,15-18,21H2,1H3,(H,34,38)(H,35,40). The summed E-state index contributed by atoms with van der Waals surface area (Å²) in [4.78, 5) is 42.2. The zero-order valence-corrected chi connectivity index (χ0v) is 23.3. The molecule has 2 heterocycles. The summed E-state index contributed by atoms with van der Waals surface area (Å²) in [5.41, 5.74) is 3.89. The average molecular weight is 557 g/mol. The molecule has 5 rings (SSSR count). The number of pyridine rings is 1. The topological polar surface area (TPSA) is 83.4 Å². The Labute approximate surface area is 238 Å². The molecule has 0 radical (unpaired) electrons. The molecule has 0 unspecified atom stereocenters. The molecule has 2 amide bonds. The van der Waals surface area contributed by atoms with Crippen LogP contribution in [0, 0.1) is 6.92 Å². The van der Waals surface area contributed by atoms with E-state index in [4.69, 9.17) is 11.6 Å². The Hall–Kier alpha value is -4.10. The molecular weight excluding hydrogens is 524 g/mol. The molecule has 1 saturated heterocycles. The number of aromatic nitrogens is 1. The quantitative estimate of drug-likeness (QED) is 0.297. The van der Waals surface area contributed by atoms with E-state index in [-0.39, 0.29) is 23.4 Å². The van der Waals surface area contributed by atoms with Crippen molar-refractivity contribution in [3.05, 3.63) is 105 Å². The smallest absolute Gasteiger partial charge is 0.261 e. The number of hydrogen-bond acceptors (Lipinski definition) is 4. The number of hydrogen-bond donors (Lipinski definition) is 2. The summed E-state index contributed by atoms with van der Waals surface area (Å²) in [5.74, 6) is -0.703. The Morgan fingerprint density at radius 3 is 2.45 bits per heavy atom. The molecule has 7 nitrogen and oxygen atoms in total. The summed E-state index contributed by atoms with van der Waals surface area (Å²) in [7, 11) is 0. The Balaban J connectivity index is 1.44. The zero-order chi connectivity index (χ0) is 28.1. The van der Waals surface area contributed by atoms with Gasteiger partial charge >= 0.3 is 0 Å². The third-order valence-corrected chi connectivity index (χ3v) is 7.64. The molecule has 2 N–H and O–H groups in total. The molecule has 0 bridgehead atoms. The van der Waals surface area contributed by atoms with Crippen LogP contribution < -0.4 is 21.0 Å². The largest absolute Gasteiger partial charge is 0.371 e. The van der Waals surface area contributed by atoms with Crippen molar-refractivity contribution in [3.8, 4) is 0 Å². The van der Waals surface area contributed by atoms with Gasteiger partial charge in [0.25, 0.3) is 5.91 Å². The first-order chi connectivity index (χ1) is 19.4. The number of piperidine rings is 1. The number of carbonyl (C=O) groups is 2. The molecule has 0 spiro atoms. The van der Waals surface area contributed by atoms with E-state index in [2.05, 4.69) is 15.5 Å². The highest BCUT2D eigenvalue weighted by atomic mass is 35.5. The van der Waals surface area contributed by atoms with Crippen LogP contribution in [0.25, 0.3) is 10.9 Å². The monoisotopic (exact) mass is 556 g/mol. The fourth-order valence-electron chi connectivity index (χ4n) is 5.13. The Kier molecular flexibility index (Phi) is 8.51. The maximum Gasteiger partial charge on any atom is 0.261 e. The number of nitrogens with zero attached hydrogens (tertiary/aromatic N) is 2. The van der Waals surface area contributed by atoms with E-state index in [0.29, 0.717) is 34.6 Å². The zero-order valence-electron chi connectivity index (χ0n) is 22.6. The van der Waals surface area contributed by atoms with Gasteiger partial charge < -0.3 is 20.1 Å². The van der Waals surface area contributed by atoms with E-state index < -0.39 is 5.91 Å². The maximum absolute atomic E-state index is 13.5. The highest BCUT2D eigenvalue weighted by molar-refractivity contribution is 6.30. The maximum atomic E-state index is 13.5. The summed E-state index contributed by atoms with van der Waals surface area (Å²) in [6, 6.07) is 20.6. The lowest BCUT2D eigenvalue weighted by atomic mass is 10.1. The summed E-state index contributed by atoms with van der Waals surface area (Å²) in [6.07, 6.45) is 5.64. The van der Waals surface area contributed by atoms with Gasteiger partial charge in [0.2, 0.25) is 11.3 Å². The molecule has 8 heteroatoms. The van der Waals surface area contributed by atoms with Gasteiger partial charge in [-0.25, -0.2) is 0 Å². The van der Waals surface area contributed by atoms with E-state index in [9.17, 15) is 14.4 Å². The lowest BCUT2D eigenvalue weighted by molar-refractivity contribution is -0.121. The van der Waals surface area contributed by atoms with E-state index in [1.54, 1.807) is 16.7 Å². The van der Waals surface area contributed by atoms with Crippen LogP contribution in [0.2, 0.25) is 5.02 Å². The Morgan fingerprint density at radius 2 is 1.70 bits per heavy atom. The number of fused-ring (bicyclic) bond motifs is 1. The lowest BCUT2D eigenvalue weighted by Gasteiger charge is -2.29. The van der Waals surface area contributed by atoms with Crippen molar-refractivity contribution in [1.82, 2.24) is 9.88 Å². The minimum Gasteiger partial charge on any atom is -0.371 e. The van der Waals surface area contributed by atoms with Crippen molar-refractivity contribution < 1.29 is 9.59 Å². The number of rotatable bonds is 8. The van der Waals surface area contributed by atoms with E-state index in [0.717, 1.165) is 42.7 Å². The van der Waals surface area contributed by atoms with Gasteiger partial charge in [-0.15, -0.1) is 0 Å². The number of aryl methyl sites for hydroxylation is 1.